The van der Waals surface area contributed by atoms with Gasteiger partial charge in [0, 0.05) is 0 Å². The van der Waals surface area contributed by atoms with E-state index < -0.39 is 20.8 Å². The van der Waals surface area contributed by atoms with E-state index in [0.717, 1.165) is 25.5 Å². The maximum absolute atomic E-state index is 12.4. The number of hydrogen-bond acceptors (Lipinski definition) is 4. The van der Waals surface area contributed by atoms with E-state index in [4.69, 9.17) is 9.05 Å². The minimum absolute atomic E-state index is 0.155. The Morgan fingerprint density at radius 3 is 2.05 bits per heavy atom. The Morgan fingerprint density at radius 2 is 1.55 bits per heavy atom. The van der Waals surface area contributed by atoms with Gasteiger partial charge in [0.15, 0.2) is 0 Å². The Bertz CT molecular complexity index is 276. The van der Waals surface area contributed by atoms with Crippen LogP contribution in [0.25, 0.3) is 0 Å². The van der Waals surface area contributed by atoms with Crippen molar-refractivity contribution in [2.24, 2.45) is 0 Å². The van der Waals surface area contributed by atoms with Crippen molar-refractivity contribution in [3.8, 4) is 0 Å². The van der Waals surface area contributed by atoms with Crippen molar-refractivity contribution in [1.82, 2.24) is 0 Å². The summed E-state index contributed by atoms with van der Waals surface area (Å²) in [6.45, 7) is 6.52. The van der Waals surface area contributed by atoms with Crippen LogP contribution in [0.15, 0.2) is 0 Å². The third-order valence-electron chi connectivity index (χ3n) is 2.83. The van der Waals surface area contributed by atoms with Gasteiger partial charge in [0.05, 0.1) is 0 Å². The van der Waals surface area contributed by atoms with Gasteiger partial charge in [-0.05, 0) is 0 Å². The molecule has 120 valence electrons. The first-order valence-electron chi connectivity index (χ1n) is 7.64. The third-order valence-corrected chi connectivity index (χ3v) is 9.89. The van der Waals surface area contributed by atoms with Crippen LogP contribution in [0.3, 0.4) is 0 Å². The van der Waals surface area contributed by atoms with Gasteiger partial charge in [0.2, 0.25) is 0 Å². The first-order valence-corrected chi connectivity index (χ1v) is 12.4. The van der Waals surface area contributed by atoms with Gasteiger partial charge in [0.1, 0.15) is 0 Å². The van der Waals surface area contributed by atoms with Crippen LogP contribution in [0.5, 0.6) is 0 Å². The van der Waals surface area contributed by atoms with Gasteiger partial charge in [-0.15, -0.1) is 0 Å². The Hall–Kier alpha value is 0.339. The molecule has 0 aliphatic heterocycles. The van der Waals surface area contributed by atoms with E-state index in [1.165, 1.54) is 25.7 Å². The summed E-state index contributed by atoms with van der Waals surface area (Å²) in [5.41, 5.74) is 0. The zero-order chi connectivity index (χ0) is 15.3. The van der Waals surface area contributed by atoms with E-state index in [-0.39, 0.29) is 4.82 Å². The third kappa shape index (κ3) is 10.1. The number of carbonyl (C=O) groups excluding carboxylic acids is 1. The van der Waals surface area contributed by atoms with Crippen LogP contribution in [0.4, 0.5) is 0 Å². The molecule has 0 aliphatic carbocycles. The molecule has 6 heteroatoms. The quantitative estimate of drug-likeness (QED) is 0.194. The molecule has 1 unspecified atom stereocenters. The first kappa shape index (κ1) is 20.3. The van der Waals surface area contributed by atoms with E-state index in [9.17, 15) is 9.36 Å². The predicted octanol–water partition coefficient (Wildman–Crippen LogP) is 4.61. The average molecular weight is 371 g/mol. The summed E-state index contributed by atoms with van der Waals surface area (Å²) in [6, 6.07) is 0. The van der Waals surface area contributed by atoms with Gasteiger partial charge >= 0.3 is 129 Å². The van der Waals surface area contributed by atoms with Crippen molar-refractivity contribution >= 4 is 27.1 Å². The van der Waals surface area contributed by atoms with Crippen LogP contribution < -0.4 is 0 Å². The summed E-state index contributed by atoms with van der Waals surface area (Å²) in [6.07, 6.45) is 5.89. The number of aldehydes is 1. The molecule has 0 aromatic rings. The molecule has 0 aliphatic rings. The Kier molecular flexibility index (Phi) is 13.3. The summed E-state index contributed by atoms with van der Waals surface area (Å²) >= 11 is -0.413. The van der Waals surface area contributed by atoms with Crippen molar-refractivity contribution in [2.75, 3.05) is 13.2 Å². The molecule has 0 bridgehead atoms. The van der Waals surface area contributed by atoms with Crippen LogP contribution in [-0.2, 0) is 18.4 Å². The molecular formula is C14H29O4PSe. The molecule has 4 nitrogen and oxygen atoms in total. The van der Waals surface area contributed by atoms with E-state index in [0.29, 0.717) is 13.2 Å². The fraction of sp³-hybridized carbons (Fsp3) is 0.929. The number of hydrogen-bond donors (Lipinski definition) is 0. The Morgan fingerprint density at radius 1 is 1.00 bits per heavy atom. The normalized spacial score (nSPS) is 13.3. The topological polar surface area (TPSA) is 52.6 Å². The van der Waals surface area contributed by atoms with Crippen molar-refractivity contribution in [1.29, 1.82) is 0 Å². The summed E-state index contributed by atoms with van der Waals surface area (Å²) in [5, 5.41) is 0. The monoisotopic (exact) mass is 372 g/mol. The second-order valence-electron chi connectivity index (χ2n) is 4.62. The molecule has 0 aromatic carbocycles. The molecule has 0 aromatic heterocycles. The van der Waals surface area contributed by atoms with Crippen LogP contribution in [0.2, 0.25) is 4.82 Å². The van der Waals surface area contributed by atoms with Crippen LogP contribution in [0, 0.1) is 0 Å². The molecule has 1 atom stereocenters. The van der Waals surface area contributed by atoms with Crippen LogP contribution in [-0.4, -0.2) is 34.0 Å². The number of unbranched alkanes of at least 4 members (excludes halogenated alkanes) is 5. The van der Waals surface area contributed by atoms with Crippen LogP contribution >= 0.6 is 6.29 Å². The average Bonchev–Trinajstić information content (AvgIpc) is 2.41. The van der Waals surface area contributed by atoms with Gasteiger partial charge in [-0.2, -0.15) is 0 Å². The molecule has 0 fully saturated rings. The molecule has 0 saturated carbocycles. The van der Waals surface area contributed by atoms with Gasteiger partial charge in [0.25, 0.3) is 0 Å². The summed E-state index contributed by atoms with van der Waals surface area (Å²) in [5.74, 6) is 0. The Balaban J connectivity index is 4.05. The van der Waals surface area contributed by atoms with Crippen LogP contribution in [0.1, 0.15) is 65.7 Å². The SMILES string of the molecule is CCCCCCCCC(C=O)[Se]P(=O)(OCC)OCC. The first-order chi connectivity index (χ1) is 9.61. The second-order valence-corrected chi connectivity index (χ2v) is 11.7. The Labute approximate surface area is 129 Å². The maximum atomic E-state index is 12.4. The molecule has 0 amide bonds. The predicted molar refractivity (Wildman–Crippen MR) is 84.4 cm³/mol. The standard InChI is InChI=1S/C14H29O4PSe/c1-4-7-8-9-10-11-12-14(13-15)20-19(16,17-5-2)18-6-3/h13-14H,4-12H2,1-3H3. The summed E-state index contributed by atoms with van der Waals surface area (Å²) in [4.78, 5) is 11.0. The van der Waals surface area contributed by atoms with Gasteiger partial charge < -0.3 is 0 Å². The molecule has 0 radical (unpaired) electrons. The van der Waals surface area contributed by atoms with E-state index >= 15 is 0 Å². The minimum atomic E-state index is -3.03. The summed E-state index contributed by atoms with van der Waals surface area (Å²) < 4.78 is 22.9. The molecule has 0 N–H and O–H groups in total. The molecule has 0 saturated heterocycles. The van der Waals surface area contributed by atoms with Gasteiger partial charge in [-0.1, -0.05) is 0 Å². The number of rotatable bonds is 14. The summed E-state index contributed by atoms with van der Waals surface area (Å²) in [7, 11) is 0. The van der Waals surface area contributed by atoms with Crippen molar-refractivity contribution in [3.63, 3.8) is 0 Å². The fourth-order valence-electron chi connectivity index (χ4n) is 1.85. The zero-order valence-electron chi connectivity index (χ0n) is 13.0. The second kappa shape index (κ2) is 13.0. The van der Waals surface area contributed by atoms with Crippen molar-refractivity contribution < 1.29 is 18.4 Å². The molecule has 0 spiro atoms. The van der Waals surface area contributed by atoms with E-state index in [2.05, 4.69) is 6.92 Å². The molecular weight excluding hydrogens is 342 g/mol. The van der Waals surface area contributed by atoms with Crippen molar-refractivity contribution in [3.05, 3.63) is 0 Å². The molecule has 0 rings (SSSR count). The molecule has 0 heterocycles. The van der Waals surface area contributed by atoms with Crippen molar-refractivity contribution in [2.45, 2.75) is 70.5 Å². The number of carbonyl (C=O) groups is 1. The van der Waals surface area contributed by atoms with E-state index in [1.54, 1.807) is 13.8 Å². The molecule has 20 heavy (non-hydrogen) atoms. The van der Waals surface area contributed by atoms with Gasteiger partial charge in [-0.3, -0.25) is 0 Å². The fourth-order valence-corrected chi connectivity index (χ4v) is 8.67. The van der Waals surface area contributed by atoms with Gasteiger partial charge in [-0.25, -0.2) is 0 Å². The zero-order valence-corrected chi connectivity index (χ0v) is 15.6. The van der Waals surface area contributed by atoms with E-state index in [1.807, 2.05) is 0 Å².